The highest BCUT2D eigenvalue weighted by atomic mass is 15.3. The van der Waals surface area contributed by atoms with Gasteiger partial charge in [0.1, 0.15) is 0 Å². The molecule has 1 aliphatic rings. The van der Waals surface area contributed by atoms with Gasteiger partial charge in [-0.2, -0.15) is 5.26 Å². The van der Waals surface area contributed by atoms with E-state index in [1.54, 1.807) is 0 Å². The molecule has 1 aliphatic heterocycles. The van der Waals surface area contributed by atoms with Gasteiger partial charge in [0.15, 0.2) is 0 Å². The highest BCUT2D eigenvalue weighted by Gasteiger charge is 2.25. The maximum atomic E-state index is 9.33. The number of nitrogens with zero attached hydrogens (tertiary/aromatic N) is 4. The van der Waals surface area contributed by atoms with Gasteiger partial charge < -0.3 is 4.90 Å². The predicted octanol–water partition coefficient (Wildman–Crippen LogP) is 6.02. The van der Waals surface area contributed by atoms with Gasteiger partial charge in [0.05, 0.1) is 11.6 Å². The van der Waals surface area contributed by atoms with Gasteiger partial charge in [-0.25, -0.2) is 0 Å². The van der Waals surface area contributed by atoms with E-state index in [4.69, 9.17) is 0 Å². The fraction of sp³-hybridized carbons (Fsp3) is 0.552. The van der Waals surface area contributed by atoms with Crippen molar-refractivity contribution < 1.29 is 0 Å². The van der Waals surface area contributed by atoms with Crippen molar-refractivity contribution in [2.24, 2.45) is 0 Å². The molecule has 1 atom stereocenters. The maximum absolute atomic E-state index is 9.33. The molecule has 178 valence electrons. The normalized spacial score (nSPS) is 16.0. The third-order valence-corrected chi connectivity index (χ3v) is 7.05. The number of anilines is 1. The van der Waals surface area contributed by atoms with Crippen molar-refractivity contribution in [1.29, 1.82) is 5.26 Å². The first-order valence-electron chi connectivity index (χ1n) is 12.8. The fourth-order valence-electron chi connectivity index (χ4n) is 5.02. The number of piperazine rings is 1. The monoisotopic (exact) mass is 446 g/mol. The molecule has 1 heterocycles. The molecule has 0 spiro atoms. The minimum Gasteiger partial charge on any atom is -0.368 e. The smallest absolute Gasteiger partial charge is 0.0994 e. The molecule has 0 bridgehead atoms. The van der Waals surface area contributed by atoms with Crippen molar-refractivity contribution in [1.82, 2.24) is 9.80 Å². The molecule has 3 rings (SSSR count). The second kappa shape index (κ2) is 12.8. The molecule has 0 N–H and O–H groups in total. The number of nitriles is 1. The Morgan fingerprint density at radius 2 is 1.73 bits per heavy atom. The summed E-state index contributed by atoms with van der Waals surface area (Å²) in [7, 11) is 0. The van der Waals surface area contributed by atoms with Gasteiger partial charge in [-0.3, -0.25) is 9.80 Å². The molecule has 1 unspecified atom stereocenters. The SMILES string of the molecule is CCCCCC(c1ccc(C#N)c(C)c1)N1CCN(CCN(c2ccccc2)C(C)C)CC1. The Labute approximate surface area is 201 Å². The van der Waals surface area contributed by atoms with Crippen molar-refractivity contribution in [3.05, 3.63) is 65.2 Å². The van der Waals surface area contributed by atoms with Crippen LogP contribution in [0.3, 0.4) is 0 Å². The zero-order valence-electron chi connectivity index (χ0n) is 21.1. The number of unbranched alkanes of at least 4 members (excludes halogenated alkanes) is 2. The molecule has 4 nitrogen and oxygen atoms in total. The zero-order chi connectivity index (χ0) is 23.6. The van der Waals surface area contributed by atoms with Crippen molar-refractivity contribution >= 4 is 5.69 Å². The van der Waals surface area contributed by atoms with Crippen molar-refractivity contribution in [3.63, 3.8) is 0 Å². The molecule has 4 heteroatoms. The molecule has 0 amide bonds. The maximum Gasteiger partial charge on any atom is 0.0994 e. The lowest BCUT2D eigenvalue weighted by Gasteiger charge is -2.41. The van der Waals surface area contributed by atoms with Crippen LogP contribution in [0.1, 0.15) is 69.2 Å². The summed E-state index contributed by atoms with van der Waals surface area (Å²) in [4.78, 5) is 7.83. The first-order chi connectivity index (χ1) is 16.0. The molecule has 33 heavy (non-hydrogen) atoms. The van der Waals surface area contributed by atoms with E-state index in [0.717, 1.165) is 50.4 Å². The molecule has 2 aromatic carbocycles. The average Bonchev–Trinajstić information content (AvgIpc) is 2.83. The number of aryl methyl sites for hydroxylation is 1. The molecule has 0 saturated carbocycles. The van der Waals surface area contributed by atoms with Gasteiger partial charge in [-0.1, -0.05) is 56.5 Å². The van der Waals surface area contributed by atoms with Crippen LogP contribution < -0.4 is 4.90 Å². The Morgan fingerprint density at radius 1 is 1.00 bits per heavy atom. The van der Waals surface area contributed by atoms with Crippen molar-refractivity contribution in [2.75, 3.05) is 44.2 Å². The molecule has 0 radical (unpaired) electrons. The minimum absolute atomic E-state index is 0.460. The van der Waals surface area contributed by atoms with Gasteiger partial charge in [0.2, 0.25) is 0 Å². The third kappa shape index (κ3) is 7.06. The Bertz CT molecular complexity index is 878. The summed E-state index contributed by atoms with van der Waals surface area (Å²) in [6, 6.07) is 20.5. The van der Waals surface area contributed by atoms with Crippen LogP contribution in [0.25, 0.3) is 0 Å². The van der Waals surface area contributed by atoms with Crippen LogP contribution >= 0.6 is 0 Å². The van der Waals surface area contributed by atoms with E-state index in [1.807, 2.05) is 6.07 Å². The van der Waals surface area contributed by atoms with Crippen LogP contribution in [0.5, 0.6) is 0 Å². The van der Waals surface area contributed by atoms with E-state index in [9.17, 15) is 5.26 Å². The van der Waals surface area contributed by atoms with E-state index in [2.05, 4.69) is 90.9 Å². The first kappa shape index (κ1) is 25.3. The van der Waals surface area contributed by atoms with Crippen LogP contribution in [-0.4, -0.2) is 55.1 Å². The molecule has 1 fully saturated rings. The van der Waals surface area contributed by atoms with Crippen LogP contribution in [0.15, 0.2) is 48.5 Å². The zero-order valence-corrected chi connectivity index (χ0v) is 21.1. The Hall–Kier alpha value is -2.35. The molecule has 1 saturated heterocycles. The first-order valence-corrected chi connectivity index (χ1v) is 12.8. The second-order valence-electron chi connectivity index (χ2n) is 9.70. The number of rotatable bonds is 11. The van der Waals surface area contributed by atoms with Crippen molar-refractivity contribution in [2.45, 2.75) is 65.5 Å². The largest absolute Gasteiger partial charge is 0.368 e. The Morgan fingerprint density at radius 3 is 2.33 bits per heavy atom. The molecule has 2 aromatic rings. The van der Waals surface area contributed by atoms with E-state index in [-0.39, 0.29) is 0 Å². The third-order valence-electron chi connectivity index (χ3n) is 7.05. The van der Waals surface area contributed by atoms with E-state index < -0.39 is 0 Å². The van der Waals surface area contributed by atoms with Crippen LogP contribution in [0.4, 0.5) is 5.69 Å². The van der Waals surface area contributed by atoms with Gasteiger partial charge in [-0.15, -0.1) is 0 Å². The summed E-state index contributed by atoms with van der Waals surface area (Å²) in [5.41, 5.74) is 4.59. The van der Waals surface area contributed by atoms with Crippen LogP contribution in [0, 0.1) is 18.3 Å². The summed E-state index contributed by atoms with van der Waals surface area (Å²) in [5, 5.41) is 9.33. The summed E-state index contributed by atoms with van der Waals surface area (Å²) >= 11 is 0. The summed E-state index contributed by atoms with van der Waals surface area (Å²) in [6.45, 7) is 15.6. The van der Waals surface area contributed by atoms with E-state index in [0.29, 0.717) is 12.1 Å². The topological polar surface area (TPSA) is 33.5 Å². The summed E-state index contributed by atoms with van der Waals surface area (Å²) in [5.74, 6) is 0. The van der Waals surface area contributed by atoms with E-state index in [1.165, 1.54) is 36.9 Å². The second-order valence-corrected chi connectivity index (χ2v) is 9.70. The quantitative estimate of drug-likeness (QED) is 0.395. The average molecular weight is 447 g/mol. The van der Waals surface area contributed by atoms with E-state index >= 15 is 0 Å². The minimum atomic E-state index is 0.460. The summed E-state index contributed by atoms with van der Waals surface area (Å²) in [6.07, 6.45) is 5.01. The lowest BCUT2D eigenvalue weighted by atomic mass is 9.95. The summed E-state index contributed by atoms with van der Waals surface area (Å²) < 4.78 is 0. The lowest BCUT2D eigenvalue weighted by Crippen LogP contribution is -2.50. The Kier molecular flexibility index (Phi) is 9.78. The molecule has 0 aliphatic carbocycles. The fourth-order valence-corrected chi connectivity index (χ4v) is 5.02. The highest BCUT2D eigenvalue weighted by molar-refractivity contribution is 5.46. The number of para-hydroxylation sites is 1. The molecular formula is C29H42N4. The van der Waals surface area contributed by atoms with Gasteiger partial charge >= 0.3 is 0 Å². The van der Waals surface area contributed by atoms with Crippen LogP contribution in [0.2, 0.25) is 0 Å². The molecular weight excluding hydrogens is 404 g/mol. The number of benzene rings is 2. The van der Waals surface area contributed by atoms with Crippen molar-refractivity contribution in [3.8, 4) is 6.07 Å². The Balaban J connectivity index is 1.60. The van der Waals surface area contributed by atoms with Crippen LogP contribution in [-0.2, 0) is 0 Å². The van der Waals surface area contributed by atoms with Gasteiger partial charge in [0, 0.05) is 57.0 Å². The predicted molar refractivity (Wildman–Crippen MR) is 140 cm³/mol. The number of hydrogen-bond donors (Lipinski definition) is 0. The number of hydrogen-bond acceptors (Lipinski definition) is 4. The lowest BCUT2D eigenvalue weighted by molar-refractivity contribution is 0.0918. The standard InChI is InChI=1S/C29H42N4/c1-5-6-8-13-29(26-14-15-27(23-30)25(4)22-26)32-19-16-31(17-20-32)18-21-33(24(2)3)28-11-9-7-10-12-28/h7,9-12,14-15,22,24,29H,5-6,8,13,16-21H2,1-4H3. The highest BCUT2D eigenvalue weighted by Crippen LogP contribution is 2.29. The molecule has 0 aromatic heterocycles. The van der Waals surface area contributed by atoms with Gasteiger partial charge in [-0.05, 0) is 56.5 Å². The van der Waals surface area contributed by atoms with Gasteiger partial charge in [0.25, 0.3) is 0 Å².